The van der Waals surface area contributed by atoms with Gasteiger partial charge in [-0.25, -0.2) is 9.82 Å². The molecule has 2 rings (SSSR count). The molecule has 6 nitrogen and oxygen atoms in total. The number of halogens is 1. The molecule has 0 bridgehead atoms. The van der Waals surface area contributed by atoms with Crippen molar-refractivity contribution >= 4 is 23.2 Å². The number of ether oxygens (including phenoxy) is 1. The fraction of sp³-hybridized carbons (Fsp3) is 0.211. The van der Waals surface area contributed by atoms with E-state index in [-0.39, 0.29) is 17.9 Å². The minimum atomic E-state index is -0.481. The first-order valence-corrected chi connectivity index (χ1v) is 7.92. The lowest BCUT2D eigenvalue weighted by Gasteiger charge is -2.11. The predicted octanol–water partition coefficient (Wildman–Crippen LogP) is 3.28. The van der Waals surface area contributed by atoms with Crippen LogP contribution in [0.5, 0.6) is 5.75 Å². The number of hydrogen-bond acceptors (Lipinski definition) is 4. The maximum Gasteiger partial charge on any atom is 0.271 e. The van der Waals surface area contributed by atoms with Gasteiger partial charge in [0.05, 0.1) is 19.2 Å². The first-order chi connectivity index (χ1) is 12.4. The molecule has 2 aromatic rings. The van der Waals surface area contributed by atoms with Crippen LogP contribution < -0.4 is 15.5 Å². The highest BCUT2D eigenvalue weighted by molar-refractivity contribution is 6.06. The van der Waals surface area contributed by atoms with Crippen molar-refractivity contribution in [3.8, 4) is 5.75 Å². The molecule has 0 spiro atoms. The number of hydrogen-bond donors (Lipinski definition) is 2. The number of amides is 2. The van der Waals surface area contributed by atoms with Crippen LogP contribution in [-0.2, 0) is 4.79 Å². The fourth-order valence-corrected chi connectivity index (χ4v) is 2.20. The highest BCUT2D eigenvalue weighted by Gasteiger charge is 2.10. The zero-order chi connectivity index (χ0) is 19.1. The molecule has 0 radical (unpaired) electrons. The molecule has 0 heterocycles. The molecule has 0 aliphatic rings. The van der Waals surface area contributed by atoms with Gasteiger partial charge in [0.1, 0.15) is 11.6 Å². The number of carbonyl (C=O) groups excluding carboxylic acids is 2. The number of aryl methyl sites for hydroxylation is 1. The van der Waals surface area contributed by atoms with Crippen LogP contribution in [0.1, 0.15) is 29.3 Å². The van der Waals surface area contributed by atoms with Crippen LogP contribution in [0.25, 0.3) is 0 Å². The molecule has 0 fully saturated rings. The smallest absolute Gasteiger partial charge is 0.271 e. The summed E-state index contributed by atoms with van der Waals surface area (Å²) in [5.41, 5.74) is 4.59. The summed E-state index contributed by atoms with van der Waals surface area (Å²) in [4.78, 5) is 24.1. The van der Waals surface area contributed by atoms with Gasteiger partial charge in [-0.2, -0.15) is 5.10 Å². The molecule has 2 aromatic carbocycles. The average Bonchev–Trinajstić information content (AvgIpc) is 2.60. The molecule has 0 unspecified atom stereocenters. The van der Waals surface area contributed by atoms with Crippen molar-refractivity contribution in [3.05, 3.63) is 59.4 Å². The van der Waals surface area contributed by atoms with E-state index in [0.29, 0.717) is 17.1 Å². The van der Waals surface area contributed by atoms with Crippen molar-refractivity contribution < 1.29 is 18.7 Å². The monoisotopic (exact) mass is 357 g/mol. The Hall–Kier alpha value is -3.22. The summed E-state index contributed by atoms with van der Waals surface area (Å²) in [5.74, 6) is -0.635. The van der Waals surface area contributed by atoms with Crippen molar-refractivity contribution in [1.82, 2.24) is 5.43 Å². The quantitative estimate of drug-likeness (QED) is 0.615. The second kappa shape index (κ2) is 8.75. The second-order valence-electron chi connectivity index (χ2n) is 5.72. The molecule has 2 N–H and O–H groups in total. The highest BCUT2D eigenvalue weighted by atomic mass is 19.1. The SMILES string of the molecule is COc1ccc(C)cc1NC(=O)C/C(C)=N/NC(=O)c1ccc(F)cc1. The first-order valence-electron chi connectivity index (χ1n) is 7.92. The van der Waals surface area contributed by atoms with Gasteiger partial charge in [0.2, 0.25) is 5.91 Å². The van der Waals surface area contributed by atoms with E-state index < -0.39 is 11.7 Å². The molecule has 26 heavy (non-hydrogen) atoms. The van der Waals surface area contributed by atoms with Gasteiger partial charge in [-0.3, -0.25) is 9.59 Å². The normalized spacial score (nSPS) is 11.0. The van der Waals surface area contributed by atoms with Crippen LogP contribution in [0.3, 0.4) is 0 Å². The van der Waals surface area contributed by atoms with Gasteiger partial charge in [0.15, 0.2) is 0 Å². The Balaban J connectivity index is 1.94. The fourth-order valence-electron chi connectivity index (χ4n) is 2.20. The van der Waals surface area contributed by atoms with Gasteiger partial charge >= 0.3 is 0 Å². The molecule has 2 amide bonds. The number of nitrogens with zero attached hydrogens (tertiary/aromatic N) is 1. The molecule has 136 valence electrons. The molecule has 0 saturated heterocycles. The second-order valence-corrected chi connectivity index (χ2v) is 5.72. The third-order valence-corrected chi connectivity index (χ3v) is 3.50. The Morgan fingerprint density at radius 3 is 2.50 bits per heavy atom. The number of carbonyl (C=O) groups is 2. The van der Waals surface area contributed by atoms with E-state index in [9.17, 15) is 14.0 Å². The summed E-state index contributed by atoms with van der Waals surface area (Å²) in [6.45, 7) is 3.53. The number of anilines is 1. The number of rotatable bonds is 6. The molecule has 0 aliphatic carbocycles. The summed E-state index contributed by atoms with van der Waals surface area (Å²) < 4.78 is 18.1. The molecular weight excluding hydrogens is 337 g/mol. The van der Waals surface area contributed by atoms with Gasteiger partial charge < -0.3 is 10.1 Å². The predicted molar refractivity (Wildman–Crippen MR) is 98.0 cm³/mol. The standard InChI is InChI=1S/C19H20FN3O3/c1-12-4-9-17(26-3)16(10-12)21-18(24)11-13(2)22-23-19(25)14-5-7-15(20)8-6-14/h4-10H,11H2,1-3H3,(H,21,24)(H,23,25)/b22-13+. The van der Waals surface area contributed by atoms with Crippen molar-refractivity contribution in [1.29, 1.82) is 0 Å². The van der Waals surface area contributed by atoms with E-state index in [1.807, 2.05) is 13.0 Å². The zero-order valence-corrected chi connectivity index (χ0v) is 14.8. The molecule has 0 saturated carbocycles. The Labute approximate surface area is 151 Å². The van der Waals surface area contributed by atoms with Crippen molar-refractivity contribution in [3.63, 3.8) is 0 Å². The zero-order valence-electron chi connectivity index (χ0n) is 14.8. The molecule has 7 heteroatoms. The lowest BCUT2D eigenvalue weighted by molar-refractivity contribution is -0.115. The first kappa shape index (κ1) is 19.1. The maximum atomic E-state index is 12.9. The summed E-state index contributed by atoms with van der Waals surface area (Å²) in [7, 11) is 1.53. The van der Waals surface area contributed by atoms with Crippen molar-refractivity contribution in [2.45, 2.75) is 20.3 Å². The summed E-state index contributed by atoms with van der Waals surface area (Å²) in [6, 6.07) is 10.5. The highest BCUT2D eigenvalue weighted by Crippen LogP contribution is 2.25. The third-order valence-electron chi connectivity index (χ3n) is 3.50. The Morgan fingerprint density at radius 1 is 1.15 bits per heavy atom. The topological polar surface area (TPSA) is 79.8 Å². The van der Waals surface area contributed by atoms with E-state index >= 15 is 0 Å². The van der Waals surface area contributed by atoms with E-state index in [2.05, 4.69) is 15.8 Å². The Morgan fingerprint density at radius 2 is 1.85 bits per heavy atom. The van der Waals surface area contributed by atoms with Gasteiger partial charge in [0.25, 0.3) is 5.91 Å². The number of benzene rings is 2. The minimum Gasteiger partial charge on any atom is -0.495 e. The van der Waals surface area contributed by atoms with Gasteiger partial charge in [-0.15, -0.1) is 0 Å². The van der Waals surface area contributed by atoms with Crippen molar-refractivity contribution in [2.75, 3.05) is 12.4 Å². The van der Waals surface area contributed by atoms with Crippen LogP contribution >= 0.6 is 0 Å². The lowest BCUT2D eigenvalue weighted by Crippen LogP contribution is -2.21. The van der Waals surface area contributed by atoms with Crippen molar-refractivity contribution in [2.24, 2.45) is 5.10 Å². The molecule has 0 aliphatic heterocycles. The largest absolute Gasteiger partial charge is 0.495 e. The van der Waals surface area contributed by atoms with Gasteiger partial charge in [0, 0.05) is 11.3 Å². The third kappa shape index (κ3) is 5.41. The number of hydrazone groups is 1. The lowest BCUT2D eigenvalue weighted by atomic mass is 10.2. The summed E-state index contributed by atoms with van der Waals surface area (Å²) in [5, 5.41) is 6.66. The Kier molecular flexibility index (Phi) is 6.43. The van der Waals surface area contributed by atoms with Crippen LogP contribution in [-0.4, -0.2) is 24.6 Å². The molecule has 0 atom stereocenters. The maximum absolute atomic E-state index is 12.9. The molecule has 0 aromatic heterocycles. The number of nitrogens with one attached hydrogen (secondary N) is 2. The van der Waals surface area contributed by atoms with Crippen LogP contribution in [0.2, 0.25) is 0 Å². The van der Waals surface area contributed by atoms with Crippen LogP contribution in [0.15, 0.2) is 47.6 Å². The van der Waals surface area contributed by atoms with Gasteiger partial charge in [-0.05, 0) is 55.8 Å². The van der Waals surface area contributed by atoms with Crippen LogP contribution in [0, 0.1) is 12.7 Å². The van der Waals surface area contributed by atoms with E-state index in [0.717, 1.165) is 5.56 Å². The van der Waals surface area contributed by atoms with E-state index in [4.69, 9.17) is 4.74 Å². The van der Waals surface area contributed by atoms with E-state index in [1.165, 1.54) is 31.4 Å². The molecular formula is C19H20FN3O3. The Bertz CT molecular complexity index is 832. The average molecular weight is 357 g/mol. The van der Waals surface area contributed by atoms with E-state index in [1.54, 1.807) is 19.1 Å². The van der Waals surface area contributed by atoms with Crippen LogP contribution in [0.4, 0.5) is 10.1 Å². The van der Waals surface area contributed by atoms with Gasteiger partial charge in [-0.1, -0.05) is 6.07 Å². The minimum absolute atomic E-state index is 0.000788. The summed E-state index contributed by atoms with van der Waals surface area (Å²) >= 11 is 0. The number of methoxy groups -OCH3 is 1. The summed E-state index contributed by atoms with van der Waals surface area (Å²) in [6.07, 6.45) is 0.000788.